The Morgan fingerprint density at radius 1 is 1.08 bits per heavy atom. The van der Waals surface area contributed by atoms with E-state index in [1.54, 1.807) is 0 Å². The van der Waals surface area contributed by atoms with E-state index >= 15 is 0 Å². The van der Waals surface area contributed by atoms with Gasteiger partial charge in [0, 0.05) is 23.6 Å². The normalized spacial score (nSPS) is 33.9. The van der Waals surface area contributed by atoms with Gasteiger partial charge in [-0.2, -0.15) is 0 Å². The van der Waals surface area contributed by atoms with Gasteiger partial charge in [0.25, 0.3) is 0 Å². The topological polar surface area (TPSA) is 56.9 Å². The summed E-state index contributed by atoms with van der Waals surface area (Å²) in [7, 11) is 0. The van der Waals surface area contributed by atoms with Gasteiger partial charge in [0.2, 0.25) is 5.91 Å². The Morgan fingerprint density at radius 3 is 2.46 bits per heavy atom. The number of aromatic nitrogens is 1. The van der Waals surface area contributed by atoms with Gasteiger partial charge >= 0.3 is 0 Å². The third-order valence-electron chi connectivity index (χ3n) is 6.68. The predicted octanol–water partition coefficient (Wildman–Crippen LogP) is 3.51. The second kappa shape index (κ2) is 5.35. The maximum absolute atomic E-state index is 12.9. The van der Waals surface area contributed by atoms with Crippen molar-refractivity contribution in [2.75, 3.05) is 0 Å². The van der Waals surface area contributed by atoms with Crippen LogP contribution in [0.15, 0.2) is 30.5 Å². The Balaban J connectivity index is 1.25. The summed E-state index contributed by atoms with van der Waals surface area (Å²) in [4.78, 5) is 16.2. The number of H-pyrrole nitrogens is 1. The second-order valence-corrected chi connectivity index (χ2v) is 8.37. The van der Waals surface area contributed by atoms with Crippen LogP contribution in [-0.2, 0) is 11.3 Å². The Kier molecular flexibility index (Phi) is 3.24. The van der Waals surface area contributed by atoms with Crippen molar-refractivity contribution in [3.63, 3.8) is 0 Å². The van der Waals surface area contributed by atoms with Gasteiger partial charge in [-0.15, -0.1) is 0 Å². The molecular weight excluding hydrogens is 298 g/mol. The fourth-order valence-corrected chi connectivity index (χ4v) is 6.02. The second-order valence-electron chi connectivity index (χ2n) is 8.37. The van der Waals surface area contributed by atoms with Crippen LogP contribution in [0.1, 0.15) is 44.1 Å². The van der Waals surface area contributed by atoms with Gasteiger partial charge in [-0.3, -0.25) is 10.2 Å². The van der Waals surface area contributed by atoms with E-state index in [9.17, 15) is 4.79 Å². The molecule has 0 spiro atoms. The van der Waals surface area contributed by atoms with E-state index in [1.165, 1.54) is 30.2 Å². The molecule has 4 fully saturated rings. The summed E-state index contributed by atoms with van der Waals surface area (Å²) in [6.07, 6.45) is 9.47. The first kappa shape index (κ1) is 14.5. The number of hydrogen-bond acceptors (Lipinski definition) is 2. The predicted molar refractivity (Wildman–Crippen MR) is 93.9 cm³/mol. The average Bonchev–Trinajstić information content (AvgIpc) is 2.97. The van der Waals surface area contributed by atoms with Crippen molar-refractivity contribution in [1.29, 1.82) is 0 Å². The molecule has 1 aromatic heterocycles. The molecule has 126 valence electrons. The van der Waals surface area contributed by atoms with Crippen molar-refractivity contribution >= 4 is 16.8 Å². The average molecular weight is 323 g/mol. The molecule has 4 nitrogen and oxygen atoms in total. The van der Waals surface area contributed by atoms with Crippen LogP contribution >= 0.6 is 0 Å². The summed E-state index contributed by atoms with van der Waals surface area (Å²) in [6, 6.07) is 8.27. The zero-order chi connectivity index (χ0) is 16.1. The molecule has 1 heterocycles. The van der Waals surface area contributed by atoms with Crippen molar-refractivity contribution in [3.8, 4) is 0 Å². The highest BCUT2D eigenvalue weighted by Gasteiger charge is 2.54. The molecule has 4 aliphatic rings. The van der Waals surface area contributed by atoms with Crippen molar-refractivity contribution in [2.45, 2.75) is 45.1 Å². The number of amides is 1. The summed E-state index contributed by atoms with van der Waals surface area (Å²) in [5.74, 6) is 2.64. The minimum atomic E-state index is -0.0814. The van der Waals surface area contributed by atoms with Crippen LogP contribution in [0.4, 0.5) is 0 Å². The number of hydrazine groups is 1. The van der Waals surface area contributed by atoms with Crippen molar-refractivity contribution in [2.24, 2.45) is 23.2 Å². The molecule has 0 aliphatic heterocycles. The highest BCUT2D eigenvalue weighted by molar-refractivity contribution is 5.84. The first-order valence-electron chi connectivity index (χ1n) is 9.30. The van der Waals surface area contributed by atoms with Crippen LogP contribution in [-0.4, -0.2) is 10.9 Å². The molecule has 1 aromatic carbocycles. The van der Waals surface area contributed by atoms with Crippen LogP contribution in [0, 0.1) is 23.2 Å². The van der Waals surface area contributed by atoms with Crippen LogP contribution in [0.5, 0.6) is 0 Å². The van der Waals surface area contributed by atoms with Gasteiger partial charge in [-0.05, 0) is 67.9 Å². The molecule has 24 heavy (non-hydrogen) atoms. The lowest BCUT2D eigenvalue weighted by molar-refractivity contribution is -0.147. The number of fused-ring (bicyclic) bond motifs is 1. The van der Waals surface area contributed by atoms with Crippen molar-refractivity contribution in [1.82, 2.24) is 15.8 Å². The first-order chi connectivity index (χ1) is 11.7. The van der Waals surface area contributed by atoms with Gasteiger partial charge in [0.1, 0.15) is 0 Å². The lowest BCUT2D eigenvalue weighted by Gasteiger charge is -2.55. The molecule has 0 saturated heterocycles. The smallest absolute Gasteiger partial charge is 0.240 e. The van der Waals surface area contributed by atoms with Gasteiger partial charge in [-0.1, -0.05) is 18.2 Å². The van der Waals surface area contributed by atoms with E-state index in [0.29, 0.717) is 6.54 Å². The largest absolute Gasteiger partial charge is 0.361 e. The van der Waals surface area contributed by atoms with Gasteiger partial charge in [-0.25, -0.2) is 5.43 Å². The Labute approximate surface area is 142 Å². The highest BCUT2D eigenvalue weighted by atomic mass is 16.2. The zero-order valence-corrected chi connectivity index (χ0v) is 14.0. The SMILES string of the molecule is O=C(NNCc1c[nH]c2ccccc12)C12CC3CC(CC(C3)C1)C2. The summed E-state index contributed by atoms with van der Waals surface area (Å²) >= 11 is 0. The Bertz CT molecular complexity index is 743. The third-order valence-corrected chi connectivity index (χ3v) is 6.68. The van der Waals surface area contributed by atoms with Crippen molar-refractivity contribution in [3.05, 3.63) is 36.0 Å². The first-order valence-corrected chi connectivity index (χ1v) is 9.30. The molecule has 4 bridgehead atoms. The number of nitrogens with one attached hydrogen (secondary N) is 3. The molecule has 0 radical (unpaired) electrons. The summed E-state index contributed by atoms with van der Waals surface area (Å²) < 4.78 is 0. The molecule has 4 saturated carbocycles. The lowest BCUT2D eigenvalue weighted by Crippen LogP contribution is -2.55. The molecule has 4 aliphatic carbocycles. The van der Waals surface area contributed by atoms with Crippen LogP contribution in [0.2, 0.25) is 0 Å². The molecule has 4 heteroatoms. The fraction of sp³-hybridized carbons (Fsp3) is 0.550. The number of hydrogen-bond donors (Lipinski definition) is 3. The maximum atomic E-state index is 12.9. The highest BCUT2D eigenvalue weighted by Crippen LogP contribution is 2.60. The molecule has 0 unspecified atom stereocenters. The standard InChI is InChI=1S/C20H25N3O/c24-19(20-8-13-5-14(9-20)7-15(6-13)10-20)23-22-12-16-11-21-18-4-2-1-3-17(16)18/h1-4,11,13-15,21-22H,5-10,12H2,(H,23,24). The minimum absolute atomic E-state index is 0.0814. The van der Waals surface area contributed by atoms with Gasteiger partial charge in [0.15, 0.2) is 0 Å². The molecule has 2 aromatic rings. The fourth-order valence-electron chi connectivity index (χ4n) is 6.02. The number of carbonyl (C=O) groups excluding carboxylic acids is 1. The van der Waals surface area contributed by atoms with E-state index in [0.717, 1.165) is 42.5 Å². The molecule has 3 N–H and O–H groups in total. The van der Waals surface area contributed by atoms with E-state index in [1.807, 2.05) is 18.3 Å². The number of aromatic amines is 1. The maximum Gasteiger partial charge on any atom is 0.240 e. The van der Waals surface area contributed by atoms with Crippen LogP contribution in [0.3, 0.4) is 0 Å². The number of para-hydroxylation sites is 1. The zero-order valence-electron chi connectivity index (χ0n) is 14.0. The van der Waals surface area contributed by atoms with E-state index in [4.69, 9.17) is 0 Å². The summed E-state index contributed by atoms with van der Waals surface area (Å²) in [5.41, 5.74) is 8.48. The number of benzene rings is 1. The number of carbonyl (C=O) groups is 1. The van der Waals surface area contributed by atoms with E-state index in [-0.39, 0.29) is 11.3 Å². The molecular formula is C20H25N3O. The van der Waals surface area contributed by atoms with Crippen LogP contribution in [0.25, 0.3) is 10.9 Å². The van der Waals surface area contributed by atoms with E-state index < -0.39 is 0 Å². The lowest BCUT2D eigenvalue weighted by atomic mass is 9.49. The third kappa shape index (κ3) is 2.27. The van der Waals surface area contributed by atoms with Gasteiger partial charge < -0.3 is 4.98 Å². The summed E-state index contributed by atoms with van der Waals surface area (Å²) in [6.45, 7) is 0.655. The van der Waals surface area contributed by atoms with Crippen molar-refractivity contribution < 1.29 is 4.79 Å². The molecule has 0 atom stereocenters. The van der Waals surface area contributed by atoms with E-state index in [2.05, 4.69) is 28.0 Å². The Hall–Kier alpha value is -1.81. The molecule has 6 rings (SSSR count). The minimum Gasteiger partial charge on any atom is -0.361 e. The monoisotopic (exact) mass is 323 g/mol. The Morgan fingerprint density at radius 2 is 1.75 bits per heavy atom. The molecule has 1 amide bonds. The van der Waals surface area contributed by atoms with Gasteiger partial charge in [0.05, 0.1) is 5.41 Å². The number of rotatable bonds is 4. The van der Waals surface area contributed by atoms with Crippen LogP contribution < -0.4 is 10.9 Å². The summed E-state index contributed by atoms with van der Waals surface area (Å²) in [5, 5.41) is 1.22. The quantitative estimate of drug-likeness (QED) is 0.754.